The van der Waals surface area contributed by atoms with Crippen LogP contribution < -0.4 is 4.74 Å². The highest BCUT2D eigenvalue weighted by Crippen LogP contribution is 2.57. The summed E-state index contributed by atoms with van der Waals surface area (Å²) >= 11 is 1.65. The van der Waals surface area contributed by atoms with Gasteiger partial charge in [-0.1, -0.05) is 56.0 Å². The van der Waals surface area contributed by atoms with Crippen LogP contribution in [0.5, 0.6) is 6.01 Å². The van der Waals surface area contributed by atoms with Gasteiger partial charge >= 0.3 is 5.97 Å². The van der Waals surface area contributed by atoms with Crippen LogP contribution in [0.4, 0.5) is 4.39 Å². The minimum atomic E-state index is -1.15. The molecular formula is C44H51FN4O5S. The molecule has 4 aliphatic rings. The second kappa shape index (κ2) is 15.6. The third-order valence-corrected chi connectivity index (χ3v) is 13.4. The monoisotopic (exact) mass is 766 g/mol. The summed E-state index contributed by atoms with van der Waals surface area (Å²) < 4.78 is 22.7. The van der Waals surface area contributed by atoms with Crippen LogP contribution in [0.15, 0.2) is 60.0 Å². The maximum atomic E-state index is 14.7. The second-order valence-electron chi connectivity index (χ2n) is 16.6. The molecule has 2 aromatic heterocycles. The molecule has 290 valence electrons. The molecule has 1 N–H and O–H groups in total. The number of Topliss-reactive ketones (excluding diaryl/α,β-unsaturated/α-hetero) is 1. The minimum absolute atomic E-state index is 0.00564. The summed E-state index contributed by atoms with van der Waals surface area (Å²) in [6, 6.07) is 12.0. The Bertz CT molecular complexity index is 2080. The van der Waals surface area contributed by atoms with E-state index in [1.54, 1.807) is 28.4 Å². The van der Waals surface area contributed by atoms with Crippen LogP contribution >= 0.6 is 11.3 Å². The Morgan fingerprint density at radius 2 is 1.82 bits per heavy atom. The Morgan fingerprint density at radius 1 is 1.04 bits per heavy atom. The van der Waals surface area contributed by atoms with E-state index < -0.39 is 29.4 Å². The molecular weight excluding hydrogens is 716 g/mol. The molecule has 0 radical (unpaired) electrons. The van der Waals surface area contributed by atoms with Gasteiger partial charge in [0.05, 0.1) is 29.2 Å². The zero-order chi connectivity index (χ0) is 38.3. The van der Waals surface area contributed by atoms with Crippen molar-refractivity contribution in [3.05, 3.63) is 77.1 Å². The van der Waals surface area contributed by atoms with E-state index in [0.29, 0.717) is 31.2 Å². The van der Waals surface area contributed by atoms with E-state index in [-0.39, 0.29) is 48.9 Å². The number of aliphatic carboxylic acids is 1. The van der Waals surface area contributed by atoms with Gasteiger partial charge in [-0.15, -0.1) is 11.3 Å². The molecule has 55 heavy (non-hydrogen) atoms. The van der Waals surface area contributed by atoms with E-state index in [4.69, 9.17) is 14.7 Å². The highest BCUT2D eigenvalue weighted by molar-refractivity contribution is 7.13. The largest absolute Gasteiger partial charge is 0.481 e. The highest BCUT2D eigenvalue weighted by Gasteiger charge is 2.61. The Balaban J connectivity index is 1.11. The molecule has 5 atom stereocenters. The predicted octanol–water partition coefficient (Wildman–Crippen LogP) is 9.32. The average molecular weight is 767 g/mol. The van der Waals surface area contributed by atoms with Crippen molar-refractivity contribution in [1.82, 2.24) is 19.4 Å². The summed E-state index contributed by atoms with van der Waals surface area (Å²) in [5, 5.41) is 13.5. The average Bonchev–Trinajstić information content (AvgIpc) is 3.76. The van der Waals surface area contributed by atoms with Gasteiger partial charge in [0.25, 0.3) is 6.01 Å². The molecule has 8 rings (SSSR count). The lowest BCUT2D eigenvalue weighted by molar-refractivity contribution is -0.147. The van der Waals surface area contributed by atoms with E-state index in [2.05, 4.69) is 35.9 Å². The standard InChI is InChI=1S/C44H51FN4O5S/c1-27(2)49-36-16-10-15-34(40-46-35(26-55-40)29-11-8-9-12-29)39(36)47-43(49)54-33-22-37-38(50)24-44(42(52)53)23-31(44)14-7-5-3-4-6-13-30(41(51)48(37)25-33)21-28-17-19-32(45)20-18-28/h7,10,14-20,26-27,29-31,33,37H,3-6,8-9,11-13,21-25H2,1-2H3,(H,52,53)/b14-7-/t30-,31-,33-,37+,44-/m1/s1. The van der Waals surface area contributed by atoms with E-state index in [0.717, 1.165) is 58.5 Å². The van der Waals surface area contributed by atoms with Gasteiger partial charge in [-0.25, -0.2) is 9.37 Å². The first kappa shape index (κ1) is 37.5. The number of nitrogens with zero attached hydrogens (tertiary/aromatic N) is 4. The number of benzene rings is 2. The number of para-hydroxylation sites is 1. The summed E-state index contributed by atoms with van der Waals surface area (Å²) in [6.45, 7) is 4.35. The van der Waals surface area contributed by atoms with Gasteiger partial charge < -0.3 is 14.7 Å². The topological polar surface area (TPSA) is 115 Å². The first-order valence-corrected chi connectivity index (χ1v) is 21.1. The number of hydrogen-bond acceptors (Lipinski definition) is 7. The zero-order valence-corrected chi connectivity index (χ0v) is 32.6. The number of thiazole rings is 1. The molecule has 0 unspecified atom stereocenters. The normalized spacial score (nSPS) is 27.2. The lowest BCUT2D eigenvalue weighted by atomic mass is 9.90. The Hall–Kier alpha value is -4.38. The Morgan fingerprint density at radius 3 is 2.58 bits per heavy atom. The van der Waals surface area contributed by atoms with Crippen LogP contribution in [0.25, 0.3) is 21.6 Å². The minimum Gasteiger partial charge on any atom is -0.481 e. The van der Waals surface area contributed by atoms with E-state index in [1.165, 1.54) is 37.8 Å². The van der Waals surface area contributed by atoms with Crippen molar-refractivity contribution >= 4 is 40.0 Å². The number of halogens is 1. The molecule has 2 saturated carbocycles. The predicted molar refractivity (Wildman–Crippen MR) is 211 cm³/mol. The van der Waals surface area contributed by atoms with Crippen molar-refractivity contribution in [3.63, 3.8) is 0 Å². The summed E-state index contributed by atoms with van der Waals surface area (Å²) in [5.41, 5.74) is 3.55. The maximum absolute atomic E-state index is 14.7. The number of carboxylic acid groups (broad SMARTS) is 1. The van der Waals surface area contributed by atoms with Gasteiger partial charge in [0, 0.05) is 41.7 Å². The molecule has 0 spiro atoms. The first-order valence-electron chi connectivity index (χ1n) is 20.2. The van der Waals surface area contributed by atoms with E-state index >= 15 is 0 Å². The lowest BCUT2D eigenvalue weighted by Gasteiger charge is -2.29. The molecule has 4 heterocycles. The molecule has 2 aromatic carbocycles. The number of aromatic nitrogens is 3. The number of rotatable bonds is 8. The van der Waals surface area contributed by atoms with Gasteiger partial charge in [-0.3, -0.25) is 19.0 Å². The number of imidazole rings is 1. The van der Waals surface area contributed by atoms with Gasteiger partial charge in [0.1, 0.15) is 22.4 Å². The van der Waals surface area contributed by atoms with Crippen molar-refractivity contribution in [2.75, 3.05) is 6.54 Å². The molecule has 2 aliphatic heterocycles. The van der Waals surface area contributed by atoms with Gasteiger partial charge in [0.15, 0.2) is 5.78 Å². The number of allylic oxidation sites excluding steroid dienone is 2. The molecule has 3 fully saturated rings. The van der Waals surface area contributed by atoms with Crippen LogP contribution in [0, 0.1) is 23.1 Å². The fraction of sp³-hybridized carbons (Fsp3) is 0.523. The molecule has 1 amide bonds. The number of ketones is 1. The van der Waals surface area contributed by atoms with Gasteiger partial charge in [-0.2, -0.15) is 4.98 Å². The third kappa shape index (κ3) is 7.61. The Labute approximate surface area is 326 Å². The van der Waals surface area contributed by atoms with E-state index in [9.17, 15) is 23.9 Å². The molecule has 2 aliphatic carbocycles. The van der Waals surface area contributed by atoms with Crippen molar-refractivity contribution in [2.24, 2.45) is 17.3 Å². The summed E-state index contributed by atoms with van der Waals surface area (Å²) in [6.07, 6.45) is 13.5. The number of carboxylic acids is 1. The number of carbonyl (C=O) groups is 3. The van der Waals surface area contributed by atoms with Crippen LogP contribution in [-0.2, 0) is 20.8 Å². The number of hydrogen-bond donors (Lipinski definition) is 1. The van der Waals surface area contributed by atoms with Crippen molar-refractivity contribution in [2.45, 2.75) is 121 Å². The van der Waals surface area contributed by atoms with Gasteiger partial charge in [-0.05, 0) is 94.5 Å². The number of fused-ring (bicyclic) bond motifs is 3. The highest BCUT2D eigenvalue weighted by atomic mass is 32.1. The number of ether oxygens (including phenoxy) is 1. The van der Waals surface area contributed by atoms with E-state index in [1.807, 2.05) is 18.2 Å². The van der Waals surface area contributed by atoms with Crippen molar-refractivity contribution in [1.29, 1.82) is 0 Å². The van der Waals surface area contributed by atoms with Crippen LogP contribution in [-0.4, -0.2) is 60.9 Å². The second-order valence-corrected chi connectivity index (χ2v) is 17.4. The van der Waals surface area contributed by atoms with Crippen LogP contribution in [0.2, 0.25) is 0 Å². The maximum Gasteiger partial charge on any atom is 0.310 e. The zero-order valence-electron chi connectivity index (χ0n) is 31.8. The summed E-state index contributed by atoms with van der Waals surface area (Å²) in [7, 11) is 0. The summed E-state index contributed by atoms with van der Waals surface area (Å²) in [5.74, 6) is -1.78. The molecule has 11 heteroatoms. The molecule has 0 bridgehead atoms. The smallest absolute Gasteiger partial charge is 0.310 e. The molecule has 9 nitrogen and oxygen atoms in total. The lowest BCUT2D eigenvalue weighted by Crippen LogP contribution is -2.45. The van der Waals surface area contributed by atoms with Crippen LogP contribution in [0.3, 0.4) is 0 Å². The fourth-order valence-corrected chi connectivity index (χ4v) is 10.3. The Kier molecular flexibility index (Phi) is 10.7. The van der Waals surface area contributed by atoms with Crippen molar-refractivity contribution < 1.29 is 28.6 Å². The summed E-state index contributed by atoms with van der Waals surface area (Å²) in [4.78, 5) is 53.5. The third-order valence-electron chi connectivity index (χ3n) is 12.5. The molecule has 1 saturated heterocycles. The first-order chi connectivity index (χ1) is 26.6. The number of amides is 1. The SMILES string of the molecule is CC(C)n1c(O[C@@H]2C[C@H]3C(=O)C[C@]4(C(=O)O)C[C@H]4/C=C\CCCCC[C@H](Cc4ccc(F)cc4)C(=O)N3C2)nc2c(-c3nc(C4CCCC4)cs3)cccc21. The molecule has 4 aromatic rings. The van der Waals surface area contributed by atoms with Crippen molar-refractivity contribution in [3.8, 4) is 16.6 Å². The quantitative estimate of drug-likeness (QED) is 0.178. The fourth-order valence-electron chi connectivity index (χ4n) is 9.33. The van der Waals surface area contributed by atoms with Crippen LogP contribution in [0.1, 0.15) is 114 Å². The number of carbonyl (C=O) groups excluding carboxylic acids is 2. The van der Waals surface area contributed by atoms with Gasteiger partial charge in [0.2, 0.25) is 5.91 Å².